The minimum Gasteiger partial charge on any atom is -0.494 e. The van der Waals surface area contributed by atoms with Crippen LogP contribution in [-0.2, 0) is 6.54 Å². The van der Waals surface area contributed by atoms with E-state index in [1.165, 1.54) is 5.56 Å². The number of ether oxygens (including phenoxy) is 1. The van der Waals surface area contributed by atoms with Gasteiger partial charge in [0.1, 0.15) is 5.75 Å². The summed E-state index contributed by atoms with van der Waals surface area (Å²) < 4.78 is 5.67. The summed E-state index contributed by atoms with van der Waals surface area (Å²) in [5.41, 5.74) is 1.45. The Morgan fingerprint density at radius 3 is 2.39 bits per heavy atom. The van der Waals surface area contributed by atoms with Crippen LogP contribution in [0.3, 0.4) is 0 Å². The van der Waals surface area contributed by atoms with Crippen molar-refractivity contribution in [3.8, 4) is 5.75 Å². The van der Waals surface area contributed by atoms with Crippen molar-refractivity contribution in [1.29, 1.82) is 0 Å². The van der Waals surface area contributed by atoms with Crippen LogP contribution in [0.5, 0.6) is 5.75 Å². The summed E-state index contributed by atoms with van der Waals surface area (Å²) in [5.74, 6) is 2.13. The second-order valence-electron chi connectivity index (χ2n) is 5.44. The predicted octanol–water partition coefficient (Wildman–Crippen LogP) is 3.71. The third-order valence-corrected chi connectivity index (χ3v) is 3.20. The maximum atomic E-state index is 5.67. The van der Waals surface area contributed by atoms with Gasteiger partial charge in [0.15, 0.2) is 0 Å². The molecule has 18 heavy (non-hydrogen) atoms. The molecule has 1 aromatic rings. The van der Waals surface area contributed by atoms with Gasteiger partial charge in [0.25, 0.3) is 0 Å². The van der Waals surface area contributed by atoms with E-state index in [-0.39, 0.29) is 5.54 Å². The average Bonchev–Trinajstić information content (AvgIpc) is 2.33. The molecule has 2 nitrogen and oxygen atoms in total. The van der Waals surface area contributed by atoms with Crippen molar-refractivity contribution in [2.75, 3.05) is 18.6 Å². The molecule has 1 aromatic carbocycles. The van der Waals surface area contributed by atoms with Gasteiger partial charge >= 0.3 is 0 Å². The molecule has 0 heterocycles. The van der Waals surface area contributed by atoms with Crippen LogP contribution >= 0.6 is 11.8 Å². The van der Waals surface area contributed by atoms with Gasteiger partial charge < -0.3 is 10.1 Å². The Kier molecular flexibility index (Phi) is 6.58. The van der Waals surface area contributed by atoms with Gasteiger partial charge in [-0.1, -0.05) is 12.1 Å². The fourth-order valence-corrected chi connectivity index (χ4v) is 1.87. The van der Waals surface area contributed by atoms with Gasteiger partial charge in [-0.05, 0) is 56.9 Å². The van der Waals surface area contributed by atoms with Crippen molar-refractivity contribution >= 4 is 11.8 Å². The first-order chi connectivity index (χ1) is 8.51. The van der Waals surface area contributed by atoms with Gasteiger partial charge in [0.05, 0.1) is 6.61 Å². The molecule has 0 saturated carbocycles. The molecule has 3 heteroatoms. The first-order valence-corrected chi connectivity index (χ1v) is 7.86. The molecule has 0 bridgehead atoms. The lowest BCUT2D eigenvalue weighted by Crippen LogP contribution is -2.35. The molecule has 0 spiro atoms. The van der Waals surface area contributed by atoms with Gasteiger partial charge in [-0.25, -0.2) is 0 Å². The summed E-state index contributed by atoms with van der Waals surface area (Å²) in [6.07, 6.45) is 3.23. The lowest BCUT2D eigenvalue weighted by molar-refractivity contribution is 0.318. The van der Waals surface area contributed by atoms with E-state index in [4.69, 9.17) is 4.74 Å². The largest absolute Gasteiger partial charge is 0.494 e. The van der Waals surface area contributed by atoms with E-state index in [0.717, 1.165) is 31.1 Å². The summed E-state index contributed by atoms with van der Waals surface area (Å²) in [6, 6.07) is 8.36. The molecule has 1 N–H and O–H groups in total. The van der Waals surface area contributed by atoms with Crippen molar-refractivity contribution in [1.82, 2.24) is 5.32 Å². The van der Waals surface area contributed by atoms with E-state index in [1.807, 2.05) is 11.8 Å². The summed E-state index contributed by atoms with van der Waals surface area (Å²) in [6.45, 7) is 8.24. The topological polar surface area (TPSA) is 21.3 Å². The Balaban J connectivity index is 2.33. The second-order valence-corrected chi connectivity index (χ2v) is 6.43. The zero-order valence-corrected chi connectivity index (χ0v) is 12.8. The monoisotopic (exact) mass is 267 g/mol. The Bertz CT molecular complexity index is 329. The Hall–Kier alpha value is -0.670. The Morgan fingerprint density at radius 1 is 1.17 bits per heavy atom. The molecule has 0 aliphatic carbocycles. The standard InChI is InChI=1S/C15H25NOS/c1-15(2,3)16-12-13-6-8-14(9-7-13)17-10-5-11-18-4/h6-9,16H,5,10-12H2,1-4H3. The second kappa shape index (κ2) is 7.70. The van der Waals surface area contributed by atoms with Crippen molar-refractivity contribution < 1.29 is 4.74 Å². The van der Waals surface area contributed by atoms with Crippen LogP contribution in [0.15, 0.2) is 24.3 Å². The van der Waals surface area contributed by atoms with Gasteiger partial charge in [-0.3, -0.25) is 0 Å². The van der Waals surface area contributed by atoms with Crippen molar-refractivity contribution in [3.05, 3.63) is 29.8 Å². The van der Waals surface area contributed by atoms with Crippen LogP contribution in [0, 0.1) is 0 Å². The molecule has 102 valence electrons. The van der Waals surface area contributed by atoms with Gasteiger partial charge in [0.2, 0.25) is 0 Å². The first kappa shape index (κ1) is 15.4. The van der Waals surface area contributed by atoms with Crippen molar-refractivity contribution in [2.24, 2.45) is 0 Å². The van der Waals surface area contributed by atoms with Gasteiger partial charge in [-0.15, -0.1) is 0 Å². The lowest BCUT2D eigenvalue weighted by atomic mass is 10.1. The van der Waals surface area contributed by atoms with Crippen LogP contribution in [0.25, 0.3) is 0 Å². The molecule has 0 aliphatic rings. The van der Waals surface area contributed by atoms with Crippen molar-refractivity contribution in [2.45, 2.75) is 39.3 Å². The molecule has 0 saturated heterocycles. The van der Waals surface area contributed by atoms with Crippen LogP contribution in [0.1, 0.15) is 32.8 Å². The molecule has 0 unspecified atom stereocenters. The molecule has 0 amide bonds. The van der Waals surface area contributed by atoms with Crippen LogP contribution in [0.4, 0.5) is 0 Å². The van der Waals surface area contributed by atoms with Gasteiger partial charge in [0, 0.05) is 12.1 Å². The highest BCUT2D eigenvalue weighted by molar-refractivity contribution is 7.98. The van der Waals surface area contributed by atoms with Crippen molar-refractivity contribution in [3.63, 3.8) is 0 Å². The number of hydrogen-bond donors (Lipinski definition) is 1. The van der Waals surface area contributed by atoms with E-state index in [1.54, 1.807) is 0 Å². The normalized spacial score (nSPS) is 11.6. The quantitative estimate of drug-likeness (QED) is 0.761. The molecule has 0 atom stereocenters. The predicted molar refractivity (Wildman–Crippen MR) is 81.5 cm³/mol. The van der Waals surface area contributed by atoms with E-state index < -0.39 is 0 Å². The summed E-state index contributed by atoms with van der Waals surface area (Å²) in [4.78, 5) is 0. The van der Waals surface area contributed by atoms with E-state index in [2.05, 4.69) is 56.6 Å². The lowest BCUT2D eigenvalue weighted by Gasteiger charge is -2.20. The van der Waals surface area contributed by atoms with E-state index >= 15 is 0 Å². The molecule has 0 radical (unpaired) electrons. The minimum atomic E-state index is 0.160. The summed E-state index contributed by atoms with van der Waals surface area (Å²) in [5, 5.41) is 3.47. The maximum Gasteiger partial charge on any atom is 0.119 e. The fourth-order valence-electron chi connectivity index (χ4n) is 1.46. The SMILES string of the molecule is CSCCCOc1ccc(CNC(C)(C)C)cc1. The van der Waals surface area contributed by atoms with Gasteiger partial charge in [-0.2, -0.15) is 11.8 Å². The highest BCUT2D eigenvalue weighted by Gasteiger charge is 2.07. The Labute approximate surface area is 116 Å². The highest BCUT2D eigenvalue weighted by Crippen LogP contribution is 2.13. The molecule has 0 fully saturated rings. The smallest absolute Gasteiger partial charge is 0.119 e. The fraction of sp³-hybridized carbons (Fsp3) is 0.600. The average molecular weight is 267 g/mol. The van der Waals surface area contributed by atoms with E-state index in [9.17, 15) is 0 Å². The minimum absolute atomic E-state index is 0.160. The Morgan fingerprint density at radius 2 is 1.83 bits per heavy atom. The molecular formula is C15H25NOS. The first-order valence-electron chi connectivity index (χ1n) is 6.47. The number of rotatable bonds is 7. The molecule has 0 aromatic heterocycles. The zero-order valence-electron chi connectivity index (χ0n) is 12.0. The molecule has 0 aliphatic heterocycles. The molecule has 1 rings (SSSR count). The summed E-state index contributed by atoms with van der Waals surface area (Å²) >= 11 is 1.86. The zero-order chi connectivity index (χ0) is 13.4. The van der Waals surface area contributed by atoms with E-state index in [0.29, 0.717) is 0 Å². The number of thioether (sulfide) groups is 1. The number of nitrogens with one attached hydrogen (secondary N) is 1. The van der Waals surface area contributed by atoms with Crippen LogP contribution in [0.2, 0.25) is 0 Å². The highest BCUT2D eigenvalue weighted by atomic mass is 32.2. The maximum absolute atomic E-state index is 5.67. The third-order valence-electron chi connectivity index (χ3n) is 2.51. The molecular weight excluding hydrogens is 242 g/mol. The summed E-state index contributed by atoms with van der Waals surface area (Å²) in [7, 11) is 0. The van der Waals surface area contributed by atoms with Crippen LogP contribution in [-0.4, -0.2) is 24.2 Å². The number of benzene rings is 1. The van der Waals surface area contributed by atoms with Crippen LogP contribution < -0.4 is 10.1 Å². The number of hydrogen-bond acceptors (Lipinski definition) is 3. The third kappa shape index (κ3) is 6.92.